The molecule has 0 heterocycles. The van der Waals surface area contributed by atoms with E-state index < -0.39 is 0 Å². The molecule has 0 radical (unpaired) electrons. The maximum atomic E-state index is 5.87. The minimum absolute atomic E-state index is 0.189. The maximum Gasteiger partial charge on any atom is 0.0234 e. The highest BCUT2D eigenvalue weighted by Gasteiger charge is 2.19. The van der Waals surface area contributed by atoms with Crippen molar-refractivity contribution in [3.05, 3.63) is 34.9 Å². The molecule has 0 saturated carbocycles. The van der Waals surface area contributed by atoms with Gasteiger partial charge in [-0.1, -0.05) is 50.1 Å². The van der Waals surface area contributed by atoms with E-state index in [0.29, 0.717) is 0 Å². The van der Waals surface area contributed by atoms with Gasteiger partial charge in [0.2, 0.25) is 0 Å². The molecule has 0 aromatic heterocycles. The molecule has 0 amide bonds. The van der Waals surface area contributed by atoms with E-state index in [4.69, 9.17) is 5.73 Å². The molecular weight excluding hydrogens is 232 g/mol. The molecule has 2 N–H and O–H groups in total. The van der Waals surface area contributed by atoms with Gasteiger partial charge in [-0.3, -0.25) is 4.90 Å². The van der Waals surface area contributed by atoms with Gasteiger partial charge in [0.05, 0.1) is 0 Å². The van der Waals surface area contributed by atoms with Crippen molar-refractivity contribution in [2.45, 2.75) is 47.6 Å². The molecule has 108 valence electrons. The van der Waals surface area contributed by atoms with Gasteiger partial charge in [-0.25, -0.2) is 0 Å². The van der Waals surface area contributed by atoms with E-state index in [0.717, 1.165) is 26.2 Å². The Morgan fingerprint density at radius 3 is 2.16 bits per heavy atom. The van der Waals surface area contributed by atoms with E-state index in [2.05, 4.69) is 57.7 Å². The molecule has 1 aromatic carbocycles. The zero-order valence-electron chi connectivity index (χ0n) is 13.3. The Balaban J connectivity index is 2.77. The second kappa shape index (κ2) is 7.06. The van der Waals surface area contributed by atoms with E-state index in [1.807, 2.05) is 0 Å². The molecule has 0 unspecified atom stereocenters. The quantitative estimate of drug-likeness (QED) is 0.815. The summed E-state index contributed by atoms with van der Waals surface area (Å²) in [5.41, 5.74) is 10.2. The average molecular weight is 262 g/mol. The van der Waals surface area contributed by atoms with Gasteiger partial charge in [-0.2, -0.15) is 0 Å². The Bertz CT molecular complexity index is 376. The Hall–Kier alpha value is -0.860. The molecule has 0 atom stereocenters. The lowest BCUT2D eigenvalue weighted by atomic mass is 9.92. The molecule has 0 saturated heterocycles. The molecule has 0 bridgehead atoms. The number of hydrogen-bond donors (Lipinski definition) is 1. The second-order valence-electron chi connectivity index (χ2n) is 6.57. The molecule has 2 heteroatoms. The summed E-state index contributed by atoms with van der Waals surface area (Å²) < 4.78 is 0. The molecule has 0 aliphatic carbocycles. The summed E-state index contributed by atoms with van der Waals surface area (Å²) in [5, 5.41) is 0. The van der Waals surface area contributed by atoms with Crippen molar-refractivity contribution >= 4 is 0 Å². The molecular formula is C17H30N2. The first-order valence-electron chi connectivity index (χ1n) is 7.36. The molecule has 0 aliphatic heterocycles. The van der Waals surface area contributed by atoms with Gasteiger partial charge in [-0.15, -0.1) is 0 Å². The molecule has 0 spiro atoms. The Morgan fingerprint density at radius 1 is 1.11 bits per heavy atom. The Morgan fingerprint density at radius 2 is 1.68 bits per heavy atom. The molecule has 0 aliphatic rings. The summed E-state index contributed by atoms with van der Waals surface area (Å²) in [7, 11) is 0. The predicted octanol–water partition coefficient (Wildman–Crippen LogP) is 3.50. The van der Waals surface area contributed by atoms with Crippen LogP contribution >= 0.6 is 0 Å². The van der Waals surface area contributed by atoms with Gasteiger partial charge in [0.25, 0.3) is 0 Å². The molecule has 1 aromatic rings. The summed E-state index contributed by atoms with van der Waals surface area (Å²) in [4.78, 5) is 2.53. The van der Waals surface area contributed by atoms with Crippen LogP contribution in [0, 0.1) is 19.3 Å². The summed E-state index contributed by atoms with van der Waals surface area (Å²) in [5.74, 6) is 0. The van der Waals surface area contributed by atoms with Crippen molar-refractivity contribution < 1.29 is 0 Å². The van der Waals surface area contributed by atoms with Crippen LogP contribution in [0.4, 0.5) is 0 Å². The fraction of sp³-hybridized carbons (Fsp3) is 0.647. The highest BCUT2D eigenvalue weighted by Crippen LogP contribution is 2.18. The van der Waals surface area contributed by atoms with E-state index >= 15 is 0 Å². The second-order valence-corrected chi connectivity index (χ2v) is 6.57. The predicted molar refractivity (Wildman–Crippen MR) is 84.3 cm³/mol. The molecule has 2 nitrogen and oxygen atoms in total. The minimum Gasteiger partial charge on any atom is -0.330 e. The van der Waals surface area contributed by atoms with Crippen LogP contribution in [0.5, 0.6) is 0 Å². The lowest BCUT2D eigenvalue weighted by Gasteiger charge is -2.31. The van der Waals surface area contributed by atoms with Gasteiger partial charge < -0.3 is 5.73 Å². The van der Waals surface area contributed by atoms with Gasteiger partial charge in [0, 0.05) is 13.1 Å². The van der Waals surface area contributed by atoms with E-state index in [9.17, 15) is 0 Å². The zero-order valence-corrected chi connectivity index (χ0v) is 13.3. The Kier molecular flexibility index (Phi) is 6.02. The van der Waals surface area contributed by atoms with Crippen molar-refractivity contribution in [3.8, 4) is 0 Å². The van der Waals surface area contributed by atoms with Crippen LogP contribution in [0.1, 0.15) is 43.9 Å². The molecule has 1 rings (SSSR count). The van der Waals surface area contributed by atoms with Crippen molar-refractivity contribution in [1.29, 1.82) is 0 Å². The number of aryl methyl sites for hydroxylation is 2. The van der Waals surface area contributed by atoms with E-state index in [1.54, 1.807) is 0 Å². The van der Waals surface area contributed by atoms with E-state index in [-0.39, 0.29) is 5.41 Å². The fourth-order valence-corrected chi connectivity index (χ4v) is 2.62. The lowest BCUT2D eigenvalue weighted by Crippen LogP contribution is -2.38. The highest BCUT2D eigenvalue weighted by molar-refractivity contribution is 5.28. The maximum absolute atomic E-state index is 5.87. The topological polar surface area (TPSA) is 29.3 Å². The summed E-state index contributed by atoms with van der Waals surface area (Å²) >= 11 is 0. The number of nitrogens with zero attached hydrogens (tertiary/aromatic N) is 1. The largest absolute Gasteiger partial charge is 0.330 e. The third-order valence-electron chi connectivity index (χ3n) is 3.43. The standard InChI is InChI=1S/C17H30N2/c1-6-7-19(13-17(4,5)12-18)11-16-9-14(2)8-15(3)10-16/h8-10H,6-7,11-13,18H2,1-5H3. The van der Waals surface area contributed by atoms with Crippen molar-refractivity contribution in [2.24, 2.45) is 11.1 Å². The van der Waals surface area contributed by atoms with Crippen LogP contribution in [-0.4, -0.2) is 24.5 Å². The first-order valence-corrected chi connectivity index (χ1v) is 7.36. The SMILES string of the molecule is CCCN(Cc1cc(C)cc(C)c1)CC(C)(C)CN. The van der Waals surface area contributed by atoms with Crippen molar-refractivity contribution in [1.82, 2.24) is 4.90 Å². The Labute approximate surface area is 119 Å². The molecule has 19 heavy (non-hydrogen) atoms. The van der Waals surface area contributed by atoms with Crippen molar-refractivity contribution in [3.63, 3.8) is 0 Å². The van der Waals surface area contributed by atoms with Crippen LogP contribution in [0.15, 0.2) is 18.2 Å². The summed E-state index contributed by atoms with van der Waals surface area (Å²) in [6.07, 6.45) is 1.19. The first kappa shape index (κ1) is 16.2. The number of hydrogen-bond acceptors (Lipinski definition) is 2. The van der Waals surface area contributed by atoms with Crippen LogP contribution in [0.2, 0.25) is 0 Å². The van der Waals surface area contributed by atoms with Gasteiger partial charge >= 0.3 is 0 Å². The van der Waals surface area contributed by atoms with Gasteiger partial charge in [0.1, 0.15) is 0 Å². The summed E-state index contributed by atoms with van der Waals surface area (Å²) in [6.45, 7) is 15.0. The third kappa shape index (κ3) is 5.75. The molecule has 0 fully saturated rings. The van der Waals surface area contributed by atoms with E-state index in [1.165, 1.54) is 23.1 Å². The highest BCUT2D eigenvalue weighted by atomic mass is 15.1. The van der Waals surface area contributed by atoms with Crippen molar-refractivity contribution in [2.75, 3.05) is 19.6 Å². The third-order valence-corrected chi connectivity index (χ3v) is 3.43. The fourth-order valence-electron chi connectivity index (χ4n) is 2.62. The van der Waals surface area contributed by atoms with Gasteiger partial charge in [0.15, 0.2) is 0 Å². The first-order chi connectivity index (χ1) is 8.86. The summed E-state index contributed by atoms with van der Waals surface area (Å²) in [6, 6.07) is 6.83. The minimum atomic E-state index is 0.189. The number of benzene rings is 1. The monoisotopic (exact) mass is 262 g/mol. The van der Waals surface area contributed by atoms with Crippen LogP contribution in [0.25, 0.3) is 0 Å². The van der Waals surface area contributed by atoms with Crippen LogP contribution in [0.3, 0.4) is 0 Å². The number of rotatable bonds is 7. The normalized spacial score (nSPS) is 12.2. The van der Waals surface area contributed by atoms with Gasteiger partial charge in [-0.05, 0) is 44.3 Å². The van der Waals surface area contributed by atoms with Crippen LogP contribution in [-0.2, 0) is 6.54 Å². The number of nitrogens with two attached hydrogens (primary N) is 1. The van der Waals surface area contributed by atoms with Crippen LogP contribution < -0.4 is 5.73 Å². The smallest absolute Gasteiger partial charge is 0.0234 e. The zero-order chi connectivity index (χ0) is 14.5. The lowest BCUT2D eigenvalue weighted by molar-refractivity contribution is 0.176. The average Bonchev–Trinajstić information content (AvgIpc) is 2.27.